The van der Waals surface area contributed by atoms with Crippen LogP contribution >= 0.6 is 0 Å². The van der Waals surface area contributed by atoms with Crippen molar-refractivity contribution in [1.29, 1.82) is 0 Å². The van der Waals surface area contributed by atoms with Crippen molar-refractivity contribution in [3.05, 3.63) is 23.8 Å². The van der Waals surface area contributed by atoms with E-state index in [1.54, 1.807) is 18.2 Å². The topological polar surface area (TPSA) is 78.3 Å². The van der Waals surface area contributed by atoms with E-state index < -0.39 is 0 Å². The first-order chi connectivity index (χ1) is 8.16. The second-order valence-electron chi connectivity index (χ2n) is 4.51. The van der Waals surface area contributed by atoms with E-state index in [0.29, 0.717) is 16.9 Å². The number of hydrogen-bond donors (Lipinski definition) is 2. The number of esters is 1. The maximum atomic E-state index is 11.9. The van der Waals surface area contributed by atoms with Gasteiger partial charge in [0.2, 0.25) is 0 Å². The van der Waals surface area contributed by atoms with Crippen LogP contribution in [0.15, 0.2) is 18.2 Å². The molecule has 0 aromatic heterocycles. The normalized spacial score (nSPS) is 16.7. The summed E-state index contributed by atoms with van der Waals surface area (Å²) in [6.07, 6.45) is 5.52. The molecule has 1 aliphatic rings. The number of nitrogens with two attached hydrogens (primary N) is 2. The van der Waals surface area contributed by atoms with Gasteiger partial charge in [0.15, 0.2) is 0 Å². The molecule has 1 saturated carbocycles. The Morgan fingerprint density at radius 2 is 1.82 bits per heavy atom. The van der Waals surface area contributed by atoms with Gasteiger partial charge in [0, 0.05) is 0 Å². The molecule has 0 radical (unpaired) electrons. The summed E-state index contributed by atoms with van der Waals surface area (Å²) in [6.45, 7) is 0. The molecule has 4 nitrogen and oxygen atoms in total. The molecule has 0 amide bonds. The third kappa shape index (κ3) is 2.90. The minimum atomic E-state index is -0.302. The molecule has 1 aromatic carbocycles. The Bertz CT molecular complexity index is 412. The minimum Gasteiger partial charge on any atom is -0.459 e. The van der Waals surface area contributed by atoms with Gasteiger partial charge in [0.05, 0.1) is 16.9 Å². The molecule has 17 heavy (non-hydrogen) atoms. The van der Waals surface area contributed by atoms with Gasteiger partial charge < -0.3 is 16.2 Å². The second-order valence-corrected chi connectivity index (χ2v) is 4.51. The molecule has 4 N–H and O–H groups in total. The summed E-state index contributed by atoms with van der Waals surface area (Å²) in [5.74, 6) is -0.302. The van der Waals surface area contributed by atoms with Gasteiger partial charge in [-0.3, -0.25) is 0 Å². The van der Waals surface area contributed by atoms with Crippen LogP contribution in [0, 0.1) is 0 Å². The molecule has 0 heterocycles. The molecule has 0 saturated heterocycles. The standard InChI is InChI=1S/C13H18N2O2/c14-11-7-6-9(8-12(11)15)13(16)17-10-4-2-1-3-5-10/h6-8,10H,1-5,14-15H2. The highest BCUT2D eigenvalue weighted by Gasteiger charge is 2.18. The number of hydrogen-bond acceptors (Lipinski definition) is 4. The summed E-state index contributed by atoms with van der Waals surface area (Å²) in [4.78, 5) is 11.9. The van der Waals surface area contributed by atoms with Gasteiger partial charge in [-0.25, -0.2) is 4.79 Å². The van der Waals surface area contributed by atoms with Crippen molar-refractivity contribution in [1.82, 2.24) is 0 Å². The average Bonchev–Trinajstić information content (AvgIpc) is 2.34. The maximum Gasteiger partial charge on any atom is 0.338 e. The van der Waals surface area contributed by atoms with Crippen LogP contribution < -0.4 is 11.5 Å². The quantitative estimate of drug-likeness (QED) is 0.608. The Morgan fingerprint density at radius 1 is 1.12 bits per heavy atom. The molecule has 2 rings (SSSR count). The number of nitrogen functional groups attached to an aromatic ring is 2. The third-order valence-corrected chi connectivity index (χ3v) is 3.15. The van der Waals surface area contributed by atoms with E-state index in [4.69, 9.17) is 16.2 Å². The van der Waals surface area contributed by atoms with Crippen molar-refractivity contribution in [3.8, 4) is 0 Å². The van der Waals surface area contributed by atoms with Gasteiger partial charge in [-0.1, -0.05) is 6.42 Å². The van der Waals surface area contributed by atoms with Crippen LogP contribution in [0.2, 0.25) is 0 Å². The van der Waals surface area contributed by atoms with Crippen LogP contribution in [0.5, 0.6) is 0 Å². The molecule has 0 aliphatic heterocycles. The molecule has 0 spiro atoms. The van der Waals surface area contributed by atoms with Crippen molar-refractivity contribution in [2.75, 3.05) is 11.5 Å². The Balaban J connectivity index is 2.01. The lowest BCUT2D eigenvalue weighted by atomic mass is 9.98. The molecule has 0 bridgehead atoms. The zero-order valence-electron chi connectivity index (χ0n) is 9.82. The van der Waals surface area contributed by atoms with Crippen molar-refractivity contribution in [2.45, 2.75) is 38.2 Å². The largest absolute Gasteiger partial charge is 0.459 e. The van der Waals surface area contributed by atoms with E-state index in [0.717, 1.165) is 25.7 Å². The predicted octanol–water partition coefficient (Wildman–Crippen LogP) is 2.34. The van der Waals surface area contributed by atoms with E-state index in [2.05, 4.69) is 0 Å². The SMILES string of the molecule is Nc1ccc(C(=O)OC2CCCCC2)cc1N. The van der Waals surface area contributed by atoms with Crippen LogP contribution in [-0.2, 0) is 4.74 Å². The van der Waals surface area contributed by atoms with Crippen LogP contribution in [0.3, 0.4) is 0 Å². The van der Waals surface area contributed by atoms with Crippen molar-refractivity contribution in [3.63, 3.8) is 0 Å². The van der Waals surface area contributed by atoms with E-state index in [9.17, 15) is 4.79 Å². The van der Waals surface area contributed by atoms with E-state index in [1.807, 2.05) is 0 Å². The lowest BCUT2D eigenvalue weighted by Crippen LogP contribution is -2.21. The predicted molar refractivity (Wildman–Crippen MR) is 67.6 cm³/mol. The molecule has 4 heteroatoms. The fourth-order valence-corrected chi connectivity index (χ4v) is 2.10. The van der Waals surface area contributed by atoms with Crippen molar-refractivity contribution in [2.24, 2.45) is 0 Å². The molecule has 1 aromatic rings. The Kier molecular flexibility index (Phi) is 3.52. The number of benzene rings is 1. The smallest absolute Gasteiger partial charge is 0.338 e. The lowest BCUT2D eigenvalue weighted by Gasteiger charge is -2.21. The van der Waals surface area contributed by atoms with E-state index in [-0.39, 0.29) is 12.1 Å². The van der Waals surface area contributed by atoms with Gasteiger partial charge >= 0.3 is 5.97 Å². The maximum absolute atomic E-state index is 11.9. The number of rotatable bonds is 2. The highest BCUT2D eigenvalue weighted by molar-refractivity contribution is 5.91. The first kappa shape index (κ1) is 11.8. The van der Waals surface area contributed by atoms with E-state index >= 15 is 0 Å². The summed E-state index contributed by atoms with van der Waals surface area (Å²) in [6, 6.07) is 4.85. The number of ether oxygens (including phenoxy) is 1. The van der Waals surface area contributed by atoms with Crippen molar-refractivity contribution < 1.29 is 9.53 Å². The van der Waals surface area contributed by atoms with E-state index in [1.165, 1.54) is 6.42 Å². The molecule has 92 valence electrons. The molecule has 1 fully saturated rings. The van der Waals surface area contributed by atoms with Gasteiger partial charge in [-0.2, -0.15) is 0 Å². The summed E-state index contributed by atoms with van der Waals surface area (Å²) >= 11 is 0. The first-order valence-electron chi connectivity index (χ1n) is 6.03. The minimum absolute atomic E-state index is 0.0648. The Morgan fingerprint density at radius 3 is 2.47 bits per heavy atom. The zero-order valence-corrected chi connectivity index (χ0v) is 9.82. The summed E-state index contributed by atoms with van der Waals surface area (Å²) in [7, 11) is 0. The van der Waals surface area contributed by atoms with Gasteiger partial charge in [-0.05, 0) is 43.9 Å². The molecular formula is C13H18N2O2. The Labute approximate surface area is 101 Å². The molecular weight excluding hydrogens is 216 g/mol. The lowest BCUT2D eigenvalue weighted by molar-refractivity contribution is 0.0211. The van der Waals surface area contributed by atoms with Crippen molar-refractivity contribution >= 4 is 17.3 Å². The highest BCUT2D eigenvalue weighted by Crippen LogP contribution is 2.22. The van der Waals surface area contributed by atoms with Gasteiger partial charge in [-0.15, -0.1) is 0 Å². The summed E-state index contributed by atoms with van der Waals surface area (Å²) in [5.41, 5.74) is 12.6. The fourth-order valence-electron chi connectivity index (χ4n) is 2.10. The first-order valence-corrected chi connectivity index (χ1v) is 6.03. The van der Waals surface area contributed by atoms with Crippen LogP contribution in [0.25, 0.3) is 0 Å². The Hall–Kier alpha value is -1.71. The summed E-state index contributed by atoms with van der Waals surface area (Å²) in [5, 5.41) is 0. The van der Waals surface area contributed by atoms with Crippen LogP contribution in [0.1, 0.15) is 42.5 Å². The van der Waals surface area contributed by atoms with Gasteiger partial charge in [0.25, 0.3) is 0 Å². The molecule has 0 atom stereocenters. The van der Waals surface area contributed by atoms with Crippen LogP contribution in [0.4, 0.5) is 11.4 Å². The second kappa shape index (κ2) is 5.08. The molecule has 1 aliphatic carbocycles. The number of carbonyl (C=O) groups excluding carboxylic acids is 1. The van der Waals surface area contributed by atoms with Gasteiger partial charge in [0.1, 0.15) is 6.10 Å². The van der Waals surface area contributed by atoms with Crippen LogP contribution in [-0.4, -0.2) is 12.1 Å². The molecule has 0 unspecified atom stereocenters. The number of anilines is 2. The number of carbonyl (C=O) groups is 1. The zero-order chi connectivity index (χ0) is 12.3. The fraction of sp³-hybridized carbons (Fsp3) is 0.462. The highest BCUT2D eigenvalue weighted by atomic mass is 16.5. The summed E-state index contributed by atoms with van der Waals surface area (Å²) < 4.78 is 5.44. The average molecular weight is 234 g/mol. The monoisotopic (exact) mass is 234 g/mol. The third-order valence-electron chi connectivity index (χ3n) is 3.15.